The Bertz CT molecular complexity index is 658. The van der Waals surface area contributed by atoms with Crippen LogP contribution in [0, 0.1) is 0 Å². The zero-order chi connectivity index (χ0) is 14.3. The molecule has 0 amide bonds. The second-order valence-electron chi connectivity index (χ2n) is 5.21. The molecule has 0 bridgehead atoms. The van der Waals surface area contributed by atoms with Crippen molar-refractivity contribution in [1.82, 2.24) is 9.58 Å². The molecule has 0 saturated carbocycles. The maximum absolute atomic E-state index is 2.27. The average molecular weight is 271 g/mol. The number of aryl methyl sites for hydroxylation is 1. The molecule has 104 valence electrons. The Morgan fingerprint density at radius 3 is 2.40 bits per heavy atom. The van der Waals surface area contributed by atoms with Gasteiger partial charge in [-0.15, -0.1) is 0 Å². The Morgan fingerprint density at radius 1 is 1.05 bits per heavy atom. The predicted molar refractivity (Wildman–Crippen MR) is 77.0 cm³/mol. The van der Waals surface area contributed by atoms with Crippen LogP contribution in [0.2, 0.25) is 0 Å². The second kappa shape index (κ2) is 4.67. The van der Waals surface area contributed by atoms with Gasteiger partial charge in [-0.1, -0.05) is 4.68 Å². The number of nitrogens with zero attached hydrogens (tertiary/aromatic N) is 5. The summed E-state index contributed by atoms with van der Waals surface area (Å²) in [7, 11) is 6.24. The zero-order valence-corrected chi connectivity index (χ0v) is 12.4. The third-order valence-corrected chi connectivity index (χ3v) is 4.00. The quantitative estimate of drug-likeness (QED) is 0.749. The topological polar surface area (TPSA) is 19.2 Å². The van der Waals surface area contributed by atoms with Gasteiger partial charge < -0.3 is 4.90 Å². The van der Waals surface area contributed by atoms with E-state index in [9.17, 15) is 0 Å². The van der Waals surface area contributed by atoms with E-state index in [0.29, 0.717) is 6.17 Å². The molecule has 0 unspecified atom stereocenters. The number of pyridine rings is 1. The fraction of sp³-hybridized carbons (Fsp3) is 0.333. The molecule has 1 atom stereocenters. The summed E-state index contributed by atoms with van der Waals surface area (Å²) in [5.41, 5.74) is 0. The first-order valence-corrected chi connectivity index (χ1v) is 6.81. The van der Waals surface area contributed by atoms with E-state index in [1.165, 1.54) is 5.82 Å². The number of hydrogen-bond donors (Lipinski definition) is 0. The van der Waals surface area contributed by atoms with Crippen LogP contribution in [-0.2, 0) is 14.1 Å². The van der Waals surface area contributed by atoms with Gasteiger partial charge in [0.1, 0.15) is 12.4 Å². The van der Waals surface area contributed by atoms with E-state index in [1.807, 2.05) is 19.3 Å². The number of anilines is 1. The van der Waals surface area contributed by atoms with E-state index in [1.54, 1.807) is 0 Å². The third-order valence-electron chi connectivity index (χ3n) is 4.00. The van der Waals surface area contributed by atoms with E-state index < -0.39 is 0 Å². The van der Waals surface area contributed by atoms with Crippen LogP contribution in [0.5, 0.6) is 0 Å². The van der Waals surface area contributed by atoms with Crippen molar-refractivity contribution >= 4 is 5.82 Å². The molecule has 1 aliphatic rings. The lowest BCUT2D eigenvalue weighted by Crippen LogP contribution is -2.48. The van der Waals surface area contributed by atoms with Crippen molar-refractivity contribution in [2.75, 3.05) is 11.9 Å². The number of rotatable bonds is 2. The van der Waals surface area contributed by atoms with Gasteiger partial charge in [0.2, 0.25) is 12.0 Å². The van der Waals surface area contributed by atoms with Gasteiger partial charge in [-0.05, 0) is 17.7 Å². The van der Waals surface area contributed by atoms with Gasteiger partial charge in [0, 0.05) is 31.4 Å². The van der Waals surface area contributed by atoms with Crippen molar-refractivity contribution in [3.05, 3.63) is 49.1 Å². The maximum Gasteiger partial charge on any atom is 0.289 e. The normalized spacial score (nSPS) is 18.1. The number of aromatic nitrogens is 3. The maximum atomic E-state index is 2.27. The summed E-state index contributed by atoms with van der Waals surface area (Å²) < 4.78 is 6.39. The first kappa shape index (κ1) is 12.7. The molecule has 0 aliphatic carbocycles. The Morgan fingerprint density at radius 2 is 1.80 bits per heavy atom. The molecule has 5 nitrogen and oxygen atoms in total. The van der Waals surface area contributed by atoms with Gasteiger partial charge in [-0.3, -0.25) is 0 Å². The average Bonchev–Trinajstić information content (AvgIpc) is 2.99. The van der Waals surface area contributed by atoms with Gasteiger partial charge in [-0.2, -0.15) is 0 Å². The van der Waals surface area contributed by atoms with E-state index >= 15 is 0 Å². The van der Waals surface area contributed by atoms with Crippen LogP contribution in [0.1, 0.15) is 6.92 Å². The molecule has 0 spiro atoms. The third kappa shape index (κ3) is 1.86. The monoisotopic (exact) mass is 271 g/mol. The molecule has 0 saturated heterocycles. The smallest absolute Gasteiger partial charge is 0.289 e. The zero-order valence-electron chi connectivity index (χ0n) is 12.4. The standard InChI is InChI=1S/C15H21N5/c1-13-16(2)11-12-19(13)14-7-5-8-15(18(14)4)20-10-6-9-17(20)3/h5-13H,1-4H3/q+2/t13-/m0/s1. The van der Waals surface area contributed by atoms with Gasteiger partial charge in [0.15, 0.2) is 7.05 Å². The molecule has 0 aromatic carbocycles. The van der Waals surface area contributed by atoms with E-state index in [0.717, 1.165) is 5.82 Å². The van der Waals surface area contributed by atoms with Crippen LogP contribution in [0.15, 0.2) is 49.1 Å². The highest BCUT2D eigenvalue weighted by atomic mass is 15.4. The summed E-state index contributed by atoms with van der Waals surface area (Å²) in [6.07, 6.45) is 8.66. The Kier molecular flexibility index (Phi) is 2.97. The summed E-state index contributed by atoms with van der Waals surface area (Å²) in [6.45, 7) is 2.20. The molecular weight excluding hydrogens is 250 g/mol. The van der Waals surface area contributed by atoms with Crippen molar-refractivity contribution in [2.24, 2.45) is 14.1 Å². The van der Waals surface area contributed by atoms with Crippen LogP contribution in [-0.4, -0.2) is 22.8 Å². The first-order chi connectivity index (χ1) is 9.59. The van der Waals surface area contributed by atoms with Crippen LogP contribution >= 0.6 is 0 Å². The molecule has 20 heavy (non-hydrogen) atoms. The lowest BCUT2D eigenvalue weighted by molar-refractivity contribution is -0.763. The highest BCUT2D eigenvalue weighted by molar-refractivity contribution is 5.42. The minimum Gasteiger partial charge on any atom is -0.346 e. The fourth-order valence-corrected chi connectivity index (χ4v) is 2.60. The van der Waals surface area contributed by atoms with Crippen molar-refractivity contribution in [3.63, 3.8) is 0 Å². The highest BCUT2D eigenvalue weighted by Gasteiger charge is 2.28. The summed E-state index contributed by atoms with van der Waals surface area (Å²) in [6, 6.07) is 8.41. The molecule has 2 aromatic heterocycles. The minimum atomic E-state index is 0.329. The lowest BCUT2D eigenvalue weighted by Gasteiger charge is -2.23. The molecule has 0 N–H and O–H groups in total. The second-order valence-corrected chi connectivity index (χ2v) is 5.21. The van der Waals surface area contributed by atoms with E-state index in [2.05, 4.69) is 81.5 Å². The SMILES string of the molecule is C[C@H]1N(C)C=CN1c1cccc(-n2ccc[n+]2C)[n+]1C. The van der Waals surface area contributed by atoms with Crippen LogP contribution in [0.25, 0.3) is 5.82 Å². The Labute approximate surface area is 119 Å². The summed E-state index contributed by atoms with van der Waals surface area (Å²) in [4.78, 5) is 4.47. The predicted octanol–water partition coefficient (Wildman–Crippen LogP) is 0.695. The van der Waals surface area contributed by atoms with Crippen molar-refractivity contribution in [2.45, 2.75) is 13.1 Å². The Balaban J connectivity index is 2.07. The first-order valence-electron chi connectivity index (χ1n) is 6.81. The highest BCUT2D eigenvalue weighted by Crippen LogP contribution is 2.20. The van der Waals surface area contributed by atoms with Crippen LogP contribution in [0.4, 0.5) is 5.82 Å². The van der Waals surface area contributed by atoms with E-state index in [-0.39, 0.29) is 0 Å². The van der Waals surface area contributed by atoms with Gasteiger partial charge >= 0.3 is 0 Å². The Hall–Kier alpha value is -2.30. The fourth-order valence-electron chi connectivity index (χ4n) is 2.60. The summed E-state index contributed by atoms with van der Waals surface area (Å²) >= 11 is 0. The molecule has 5 heteroatoms. The molecule has 0 radical (unpaired) electrons. The molecule has 3 heterocycles. The van der Waals surface area contributed by atoms with Crippen LogP contribution < -0.4 is 14.1 Å². The van der Waals surface area contributed by atoms with Gasteiger partial charge in [-0.25, -0.2) is 9.47 Å². The summed E-state index contributed by atoms with van der Waals surface area (Å²) in [5, 5.41) is 0. The van der Waals surface area contributed by atoms with Crippen molar-refractivity contribution in [3.8, 4) is 5.82 Å². The molecule has 0 fully saturated rings. The van der Waals surface area contributed by atoms with Crippen LogP contribution in [0.3, 0.4) is 0 Å². The van der Waals surface area contributed by atoms with Gasteiger partial charge in [0.05, 0.1) is 13.2 Å². The lowest BCUT2D eigenvalue weighted by atomic mass is 10.3. The molecule has 2 aromatic rings. The number of hydrogen-bond acceptors (Lipinski definition) is 2. The van der Waals surface area contributed by atoms with E-state index in [4.69, 9.17) is 0 Å². The molecule has 3 rings (SSSR count). The largest absolute Gasteiger partial charge is 0.346 e. The molecule has 1 aliphatic heterocycles. The van der Waals surface area contributed by atoms with Gasteiger partial charge in [0.25, 0.3) is 5.82 Å². The van der Waals surface area contributed by atoms with Crippen molar-refractivity contribution < 1.29 is 9.25 Å². The molecular formula is C15H21N5+2. The summed E-state index contributed by atoms with van der Waals surface area (Å²) in [5.74, 6) is 2.30. The van der Waals surface area contributed by atoms with Crippen molar-refractivity contribution in [1.29, 1.82) is 0 Å². The minimum absolute atomic E-state index is 0.329.